The molecule has 0 aromatic rings. The highest BCUT2D eigenvalue weighted by Gasteiger charge is 2.25. The van der Waals surface area contributed by atoms with Crippen molar-refractivity contribution in [1.82, 2.24) is 4.90 Å². The molecule has 1 heterocycles. The van der Waals surface area contributed by atoms with Gasteiger partial charge in [-0.05, 0) is 12.3 Å². The second-order valence-electron chi connectivity index (χ2n) is 3.90. The van der Waals surface area contributed by atoms with Crippen LogP contribution in [0.2, 0.25) is 0 Å². The lowest BCUT2D eigenvalue weighted by Gasteiger charge is -2.19. The maximum Gasteiger partial charge on any atom is 0.253 e. The lowest BCUT2D eigenvalue weighted by molar-refractivity contribution is -0.138. The number of carbonyl (C=O) groups excluding carboxylic acids is 2. The standard InChI is InChI=1S/C10H15NO3/c1-7(2)5-8(12)6-11-9(13)3-4-10(11)14/h3-4,7-8,12H,5-6H2,1-2H3. The van der Waals surface area contributed by atoms with Gasteiger partial charge in [0.2, 0.25) is 0 Å². The van der Waals surface area contributed by atoms with E-state index in [1.54, 1.807) is 0 Å². The normalized spacial score (nSPS) is 18.4. The first-order valence-electron chi connectivity index (χ1n) is 4.72. The van der Waals surface area contributed by atoms with Crippen LogP contribution < -0.4 is 0 Å². The minimum absolute atomic E-state index is 0.100. The molecule has 0 spiro atoms. The Labute approximate surface area is 83.2 Å². The minimum Gasteiger partial charge on any atom is -0.391 e. The minimum atomic E-state index is -0.622. The molecule has 0 fully saturated rings. The van der Waals surface area contributed by atoms with E-state index in [9.17, 15) is 14.7 Å². The molecule has 1 aliphatic heterocycles. The van der Waals surface area contributed by atoms with Gasteiger partial charge >= 0.3 is 0 Å². The lowest BCUT2D eigenvalue weighted by atomic mass is 10.1. The maximum absolute atomic E-state index is 11.1. The fourth-order valence-corrected chi connectivity index (χ4v) is 1.44. The zero-order valence-corrected chi connectivity index (χ0v) is 8.43. The summed E-state index contributed by atoms with van der Waals surface area (Å²) in [6.45, 7) is 4.06. The third-order valence-electron chi connectivity index (χ3n) is 2.04. The average molecular weight is 197 g/mol. The van der Waals surface area contributed by atoms with E-state index in [4.69, 9.17) is 0 Å². The number of imide groups is 1. The van der Waals surface area contributed by atoms with Crippen molar-refractivity contribution in [3.05, 3.63) is 12.2 Å². The third-order valence-corrected chi connectivity index (χ3v) is 2.04. The molecule has 1 rings (SSSR count). The second-order valence-corrected chi connectivity index (χ2v) is 3.90. The van der Waals surface area contributed by atoms with Crippen LogP contribution in [0.15, 0.2) is 12.2 Å². The number of rotatable bonds is 4. The van der Waals surface area contributed by atoms with Crippen LogP contribution in [0.25, 0.3) is 0 Å². The number of aliphatic hydroxyl groups is 1. The van der Waals surface area contributed by atoms with Crippen LogP contribution in [-0.4, -0.2) is 34.5 Å². The van der Waals surface area contributed by atoms with Crippen molar-refractivity contribution in [2.45, 2.75) is 26.4 Å². The van der Waals surface area contributed by atoms with E-state index >= 15 is 0 Å². The van der Waals surface area contributed by atoms with E-state index in [1.165, 1.54) is 12.2 Å². The summed E-state index contributed by atoms with van der Waals surface area (Å²) in [7, 11) is 0. The Morgan fingerprint density at radius 2 is 1.79 bits per heavy atom. The van der Waals surface area contributed by atoms with Gasteiger partial charge in [0.1, 0.15) is 0 Å². The molecule has 78 valence electrons. The van der Waals surface area contributed by atoms with Gasteiger partial charge in [0, 0.05) is 12.2 Å². The molecule has 0 saturated carbocycles. The lowest BCUT2D eigenvalue weighted by Crippen LogP contribution is -2.37. The molecule has 0 aromatic carbocycles. The van der Waals surface area contributed by atoms with Crippen molar-refractivity contribution in [2.75, 3.05) is 6.54 Å². The van der Waals surface area contributed by atoms with Crippen molar-refractivity contribution < 1.29 is 14.7 Å². The highest BCUT2D eigenvalue weighted by atomic mass is 16.3. The van der Waals surface area contributed by atoms with Gasteiger partial charge in [-0.2, -0.15) is 0 Å². The fourth-order valence-electron chi connectivity index (χ4n) is 1.44. The summed E-state index contributed by atoms with van der Waals surface area (Å²) in [6, 6.07) is 0. The first kappa shape index (κ1) is 10.9. The zero-order valence-electron chi connectivity index (χ0n) is 8.43. The van der Waals surface area contributed by atoms with Crippen LogP contribution in [0, 0.1) is 5.92 Å². The van der Waals surface area contributed by atoms with Crippen LogP contribution in [0.1, 0.15) is 20.3 Å². The molecule has 2 amide bonds. The van der Waals surface area contributed by atoms with E-state index in [0.717, 1.165) is 4.90 Å². The summed E-state index contributed by atoms with van der Waals surface area (Å²) in [5, 5.41) is 9.54. The van der Waals surface area contributed by atoms with Crippen LogP contribution in [-0.2, 0) is 9.59 Å². The molecular formula is C10H15NO3. The quantitative estimate of drug-likeness (QED) is 0.660. The third kappa shape index (κ3) is 2.67. The smallest absolute Gasteiger partial charge is 0.253 e. The SMILES string of the molecule is CC(C)CC(O)CN1C(=O)C=CC1=O. The van der Waals surface area contributed by atoms with E-state index in [2.05, 4.69) is 0 Å². The Hall–Kier alpha value is -1.16. The molecule has 4 heteroatoms. The topological polar surface area (TPSA) is 57.6 Å². The summed E-state index contributed by atoms with van der Waals surface area (Å²) < 4.78 is 0. The molecule has 0 radical (unpaired) electrons. The van der Waals surface area contributed by atoms with Crippen molar-refractivity contribution in [3.63, 3.8) is 0 Å². The predicted octanol–water partition coefficient (Wildman–Crippen LogP) is 0.318. The largest absolute Gasteiger partial charge is 0.391 e. The number of hydrogen-bond acceptors (Lipinski definition) is 3. The number of amides is 2. The zero-order chi connectivity index (χ0) is 10.7. The Morgan fingerprint density at radius 3 is 2.21 bits per heavy atom. The van der Waals surface area contributed by atoms with Gasteiger partial charge in [0.15, 0.2) is 0 Å². The molecule has 14 heavy (non-hydrogen) atoms. The number of nitrogens with zero attached hydrogens (tertiary/aromatic N) is 1. The van der Waals surface area contributed by atoms with Crippen LogP contribution in [0.3, 0.4) is 0 Å². The highest BCUT2D eigenvalue weighted by molar-refractivity contribution is 6.12. The molecule has 1 N–H and O–H groups in total. The van der Waals surface area contributed by atoms with Gasteiger partial charge in [0.25, 0.3) is 11.8 Å². The molecule has 0 saturated heterocycles. The first-order valence-corrected chi connectivity index (χ1v) is 4.72. The summed E-state index contributed by atoms with van der Waals surface area (Å²) >= 11 is 0. The Morgan fingerprint density at radius 1 is 1.29 bits per heavy atom. The van der Waals surface area contributed by atoms with Gasteiger partial charge in [-0.1, -0.05) is 13.8 Å². The molecule has 0 bridgehead atoms. The summed E-state index contributed by atoms with van der Waals surface area (Å²) in [5.74, 6) is -0.318. The van der Waals surface area contributed by atoms with Crippen molar-refractivity contribution in [2.24, 2.45) is 5.92 Å². The molecule has 1 unspecified atom stereocenters. The van der Waals surface area contributed by atoms with E-state index in [-0.39, 0.29) is 18.4 Å². The van der Waals surface area contributed by atoms with Gasteiger partial charge in [-0.15, -0.1) is 0 Å². The van der Waals surface area contributed by atoms with Crippen molar-refractivity contribution >= 4 is 11.8 Å². The molecule has 0 aromatic heterocycles. The average Bonchev–Trinajstić information content (AvgIpc) is 2.34. The second kappa shape index (κ2) is 4.37. The van der Waals surface area contributed by atoms with Crippen LogP contribution in [0.5, 0.6) is 0 Å². The Balaban J connectivity index is 2.44. The monoisotopic (exact) mass is 197 g/mol. The summed E-state index contributed by atoms with van der Waals surface area (Å²) in [4.78, 5) is 23.3. The van der Waals surface area contributed by atoms with Crippen molar-refractivity contribution in [3.8, 4) is 0 Å². The van der Waals surface area contributed by atoms with Gasteiger partial charge in [-0.25, -0.2) is 0 Å². The first-order chi connectivity index (χ1) is 6.50. The van der Waals surface area contributed by atoms with Crippen LogP contribution in [0.4, 0.5) is 0 Å². The van der Waals surface area contributed by atoms with Crippen LogP contribution >= 0.6 is 0 Å². The molecule has 1 aliphatic rings. The van der Waals surface area contributed by atoms with E-state index < -0.39 is 6.10 Å². The Kier molecular flexibility index (Phi) is 3.41. The molecule has 0 aliphatic carbocycles. The summed E-state index contributed by atoms with van der Waals surface area (Å²) in [5.41, 5.74) is 0. The number of aliphatic hydroxyl groups excluding tert-OH is 1. The Bertz CT molecular complexity index is 253. The van der Waals surface area contributed by atoms with Crippen molar-refractivity contribution in [1.29, 1.82) is 0 Å². The number of hydrogen-bond donors (Lipinski definition) is 1. The van der Waals surface area contributed by atoms with E-state index in [0.29, 0.717) is 12.3 Å². The number of carbonyl (C=O) groups is 2. The van der Waals surface area contributed by atoms with Gasteiger partial charge in [-0.3, -0.25) is 14.5 Å². The fraction of sp³-hybridized carbons (Fsp3) is 0.600. The summed E-state index contributed by atoms with van der Waals surface area (Å²) in [6.07, 6.45) is 2.43. The van der Waals surface area contributed by atoms with E-state index in [1.807, 2.05) is 13.8 Å². The predicted molar refractivity (Wildman–Crippen MR) is 51.3 cm³/mol. The molecule has 4 nitrogen and oxygen atoms in total. The van der Waals surface area contributed by atoms with Gasteiger partial charge < -0.3 is 5.11 Å². The molecular weight excluding hydrogens is 182 g/mol. The maximum atomic E-state index is 11.1. The number of β-amino-alcohol motifs (C(OH)–C–C–N with tert-alkyl or cyclic N) is 1. The molecule has 1 atom stereocenters. The highest BCUT2D eigenvalue weighted by Crippen LogP contribution is 2.09. The van der Waals surface area contributed by atoms with Gasteiger partial charge in [0.05, 0.1) is 12.6 Å².